The molecular weight excluding hydrogens is 827 g/mol. The van der Waals surface area contributed by atoms with Gasteiger partial charge < -0.3 is 68.9 Å². The predicted octanol–water partition coefficient (Wildman–Crippen LogP) is 0.122. The number of thioether (sulfide) groups is 2. The van der Waals surface area contributed by atoms with Gasteiger partial charge in [0.05, 0.1) is 39.0 Å². The van der Waals surface area contributed by atoms with Gasteiger partial charge >= 0.3 is 11.9 Å². The molecule has 2 saturated heterocycles. The van der Waals surface area contributed by atoms with Gasteiger partial charge in [0.1, 0.15) is 75.3 Å². The van der Waals surface area contributed by atoms with Gasteiger partial charge in [-0.1, -0.05) is 54.7 Å². The van der Waals surface area contributed by atoms with Crippen LogP contribution in [0.5, 0.6) is 0 Å². The number of esters is 2. The molecule has 314 valence electrons. The standard InChI is InChI=1S/C33H51NO16S5/c1-4-52-32(51)54-33(3,15-18(2)28(42)46-12-11-44-9-10-45-13-14-53-55-21-7-5-6-8-34-21)31(43)47-17-20-23(37)25(39)27(41)30(49-20)50-29-26(40)24(38)22(36)19(16-35)48-29/h5-8,18-20,22-27,29-30,35-41H,4,9-17H2,1-3H3/t18?,19-,20-,22-,23-,24+,25+,26-,27-,29-,30-,33?/m1/s1. The van der Waals surface area contributed by atoms with E-state index >= 15 is 0 Å². The van der Waals surface area contributed by atoms with Crippen LogP contribution in [0, 0.1) is 5.92 Å². The van der Waals surface area contributed by atoms with Gasteiger partial charge in [-0.15, -0.1) is 11.8 Å². The number of hydrogen-bond acceptors (Lipinski definition) is 22. The highest BCUT2D eigenvalue weighted by Crippen LogP contribution is 2.38. The fraction of sp³-hybridized carbons (Fsp3) is 0.758. The van der Waals surface area contributed by atoms with Crippen molar-refractivity contribution in [2.24, 2.45) is 5.92 Å². The molecule has 22 heteroatoms. The number of aromatic nitrogens is 1. The molecule has 2 unspecified atom stereocenters. The van der Waals surface area contributed by atoms with Crippen molar-refractivity contribution in [3.05, 3.63) is 24.4 Å². The number of ether oxygens (including phenoxy) is 7. The quantitative estimate of drug-likeness (QED) is 0.0354. The fourth-order valence-electron chi connectivity index (χ4n) is 5.21. The number of aliphatic hydroxyl groups excluding tert-OH is 7. The molecule has 7 N–H and O–H groups in total. The number of nitrogens with zero attached hydrogens (tertiary/aromatic N) is 1. The maximum atomic E-state index is 13.6. The van der Waals surface area contributed by atoms with Crippen LogP contribution in [0.4, 0.5) is 0 Å². The fourth-order valence-corrected chi connectivity index (χ4v) is 10.1. The normalized spacial score (nSPS) is 29.9. The molecule has 2 aliphatic rings. The molecule has 0 spiro atoms. The lowest BCUT2D eigenvalue weighted by Crippen LogP contribution is -2.63. The lowest BCUT2D eigenvalue weighted by atomic mass is 9.96. The molecule has 1 aromatic rings. The summed E-state index contributed by atoms with van der Waals surface area (Å²) in [5, 5.41) is 72.5. The third-order valence-electron chi connectivity index (χ3n) is 8.20. The Balaban J connectivity index is 1.47. The van der Waals surface area contributed by atoms with Crippen LogP contribution < -0.4 is 0 Å². The summed E-state index contributed by atoms with van der Waals surface area (Å²) in [6, 6.07) is 5.73. The molecular formula is C33H51NO16S5. The van der Waals surface area contributed by atoms with Crippen LogP contribution in [-0.2, 0) is 42.7 Å². The van der Waals surface area contributed by atoms with Crippen molar-refractivity contribution in [3.63, 3.8) is 0 Å². The Labute approximate surface area is 341 Å². The van der Waals surface area contributed by atoms with Crippen LogP contribution in [0.1, 0.15) is 27.2 Å². The number of carbonyl (C=O) groups is 2. The van der Waals surface area contributed by atoms with Crippen molar-refractivity contribution < 1.29 is 78.5 Å². The average molecular weight is 878 g/mol. The minimum Gasteiger partial charge on any atom is -0.463 e. The Morgan fingerprint density at radius 1 is 0.891 bits per heavy atom. The summed E-state index contributed by atoms with van der Waals surface area (Å²) >= 11 is 7.79. The summed E-state index contributed by atoms with van der Waals surface area (Å²) in [6.45, 7) is 4.99. The van der Waals surface area contributed by atoms with E-state index in [9.17, 15) is 45.3 Å². The molecule has 2 fully saturated rings. The van der Waals surface area contributed by atoms with Gasteiger partial charge in [0.15, 0.2) is 12.6 Å². The van der Waals surface area contributed by atoms with Gasteiger partial charge in [0, 0.05) is 11.9 Å². The Kier molecular flexibility index (Phi) is 21.9. The van der Waals surface area contributed by atoms with Crippen LogP contribution in [0.25, 0.3) is 0 Å². The second kappa shape index (κ2) is 24.9. The molecule has 0 radical (unpaired) electrons. The molecule has 12 atom stereocenters. The number of pyridine rings is 1. The first-order valence-electron chi connectivity index (χ1n) is 17.4. The van der Waals surface area contributed by atoms with Crippen molar-refractivity contribution in [2.45, 2.75) is 98.4 Å². The zero-order chi connectivity index (χ0) is 40.5. The molecule has 1 aromatic heterocycles. The van der Waals surface area contributed by atoms with E-state index in [0.29, 0.717) is 29.1 Å². The topological polar surface area (TPSA) is 253 Å². The molecule has 0 aliphatic carbocycles. The highest BCUT2D eigenvalue weighted by Gasteiger charge is 2.50. The van der Waals surface area contributed by atoms with E-state index in [1.807, 2.05) is 25.1 Å². The van der Waals surface area contributed by atoms with Crippen LogP contribution in [0.3, 0.4) is 0 Å². The second-order valence-corrected chi connectivity index (χ2v) is 18.9. The second-order valence-electron chi connectivity index (χ2n) is 12.5. The molecule has 0 bridgehead atoms. The Bertz CT molecular complexity index is 1310. The van der Waals surface area contributed by atoms with E-state index < -0.39 is 97.2 Å². The highest BCUT2D eigenvalue weighted by atomic mass is 33.1. The number of carbonyl (C=O) groups excluding carboxylic acids is 2. The van der Waals surface area contributed by atoms with Crippen LogP contribution in [0.15, 0.2) is 29.4 Å². The third-order valence-corrected chi connectivity index (χ3v) is 13.1. The third kappa shape index (κ3) is 15.3. The summed E-state index contributed by atoms with van der Waals surface area (Å²) in [7, 11) is 3.21. The van der Waals surface area contributed by atoms with E-state index in [-0.39, 0.29) is 19.6 Å². The molecule has 3 rings (SSSR count). The van der Waals surface area contributed by atoms with Crippen molar-refractivity contribution in [1.29, 1.82) is 0 Å². The summed E-state index contributed by atoms with van der Waals surface area (Å²) < 4.78 is 37.3. The van der Waals surface area contributed by atoms with Gasteiger partial charge in [-0.3, -0.25) is 9.59 Å². The molecule has 0 saturated carbocycles. The van der Waals surface area contributed by atoms with Crippen molar-refractivity contribution in [3.8, 4) is 0 Å². The van der Waals surface area contributed by atoms with Crippen molar-refractivity contribution in [2.75, 3.05) is 57.8 Å². The average Bonchev–Trinajstić information content (AvgIpc) is 3.16. The van der Waals surface area contributed by atoms with Gasteiger partial charge in [-0.05, 0) is 42.0 Å². The Hall–Kier alpha value is -0.900. The first-order chi connectivity index (χ1) is 26.2. The van der Waals surface area contributed by atoms with Gasteiger partial charge in [0.2, 0.25) is 0 Å². The monoisotopic (exact) mass is 877 g/mol. The lowest BCUT2D eigenvalue weighted by molar-refractivity contribution is -0.376. The van der Waals surface area contributed by atoms with E-state index in [1.165, 1.54) is 11.8 Å². The van der Waals surface area contributed by atoms with E-state index in [0.717, 1.165) is 22.5 Å². The number of thiocarbonyl (C=S) groups is 1. The summed E-state index contributed by atoms with van der Waals surface area (Å²) in [4.78, 5) is 30.8. The smallest absolute Gasteiger partial charge is 0.322 e. The van der Waals surface area contributed by atoms with E-state index in [4.69, 9.17) is 45.4 Å². The Morgan fingerprint density at radius 2 is 1.51 bits per heavy atom. The van der Waals surface area contributed by atoms with Crippen LogP contribution in [0.2, 0.25) is 0 Å². The maximum Gasteiger partial charge on any atom is 0.322 e. The van der Waals surface area contributed by atoms with Crippen LogP contribution in [-0.4, -0.2) is 180 Å². The van der Waals surface area contributed by atoms with Crippen molar-refractivity contribution >= 4 is 72.8 Å². The SMILES string of the molecule is CCSC(=S)SC(C)(CC(C)C(=O)OCCOCCOCCSSc1ccccn1)C(=O)OC[C@H]1O[C@H](O[C@H]2O[C@H](CO)[C@@H](O)[C@H](O)[C@H]2O)[C@H](O)[C@@H](O)[C@@H]1O. The number of hydrogen-bond donors (Lipinski definition) is 7. The van der Waals surface area contributed by atoms with Crippen molar-refractivity contribution in [1.82, 2.24) is 4.98 Å². The summed E-state index contributed by atoms with van der Waals surface area (Å²) in [5.41, 5.74) is 0. The largest absolute Gasteiger partial charge is 0.463 e. The maximum absolute atomic E-state index is 13.6. The minimum atomic E-state index is -1.89. The molecule has 55 heavy (non-hydrogen) atoms. The van der Waals surface area contributed by atoms with Gasteiger partial charge in [0.25, 0.3) is 0 Å². The molecule has 3 heterocycles. The molecule has 0 amide bonds. The summed E-state index contributed by atoms with van der Waals surface area (Å²) in [6.07, 6.45) is -15.5. The lowest BCUT2D eigenvalue weighted by Gasteiger charge is -2.44. The van der Waals surface area contributed by atoms with Gasteiger partial charge in [-0.25, -0.2) is 4.98 Å². The Morgan fingerprint density at radius 3 is 2.13 bits per heavy atom. The predicted molar refractivity (Wildman–Crippen MR) is 208 cm³/mol. The molecule has 0 aromatic carbocycles. The first kappa shape index (κ1) is 48.5. The number of aliphatic hydroxyl groups is 7. The van der Waals surface area contributed by atoms with Crippen LogP contribution >= 0.6 is 57.3 Å². The van der Waals surface area contributed by atoms with E-state index in [1.54, 1.807) is 41.6 Å². The van der Waals surface area contributed by atoms with E-state index in [2.05, 4.69) is 4.98 Å². The highest BCUT2D eigenvalue weighted by molar-refractivity contribution is 8.76. The molecule has 17 nitrogen and oxygen atoms in total. The zero-order valence-corrected chi connectivity index (χ0v) is 34.6. The molecule has 2 aliphatic heterocycles. The summed E-state index contributed by atoms with van der Waals surface area (Å²) in [5.74, 6) is -0.782. The minimum absolute atomic E-state index is 0.0183. The number of rotatable bonds is 22. The first-order valence-corrected chi connectivity index (χ1v) is 22.0. The zero-order valence-electron chi connectivity index (χ0n) is 30.5. The van der Waals surface area contributed by atoms with Gasteiger partial charge in [-0.2, -0.15) is 0 Å².